The molecule has 0 bridgehead atoms. The van der Waals surface area contributed by atoms with E-state index in [2.05, 4.69) is 0 Å². The van der Waals surface area contributed by atoms with Crippen LogP contribution in [0.3, 0.4) is 0 Å². The first-order valence-corrected chi connectivity index (χ1v) is 8.77. The van der Waals surface area contributed by atoms with Gasteiger partial charge in [-0.3, -0.25) is 0 Å². The quantitative estimate of drug-likeness (QED) is 0.544. The molecule has 2 rings (SSSR count). The number of ether oxygens (including phenoxy) is 3. The number of rotatable bonds is 7. The molecule has 0 saturated carbocycles. The van der Waals surface area contributed by atoms with Gasteiger partial charge in [0, 0.05) is 0 Å². The molecule has 0 spiro atoms. The van der Waals surface area contributed by atoms with Gasteiger partial charge in [-0.05, 0) is 56.2 Å². The third kappa shape index (κ3) is 4.94. The van der Waals surface area contributed by atoms with Crippen LogP contribution in [0.2, 0.25) is 0 Å². The number of benzene rings is 2. The fraction of sp³-hybridized carbons (Fsp3) is 0.286. The van der Waals surface area contributed by atoms with E-state index in [1.807, 2.05) is 0 Å². The average Bonchev–Trinajstić information content (AvgIpc) is 2.68. The normalized spacial score (nSPS) is 10.2. The SMILES string of the molecule is CCOC(=O)c1cccc(-c2ccc(C(=O)OCC)cc2C(=O)OCC)c1. The van der Waals surface area contributed by atoms with E-state index in [9.17, 15) is 14.4 Å². The van der Waals surface area contributed by atoms with Gasteiger partial charge in [0.05, 0.1) is 36.5 Å². The van der Waals surface area contributed by atoms with Crippen LogP contribution < -0.4 is 0 Å². The molecule has 0 aliphatic carbocycles. The molecule has 0 saturated heterocycles. The van der Waals surface area contributed by atoms with Crippen LogP contribution in [-0.4, -0.2) is 37.7 Å². The van der Waals surface area contributed by atoms with E-state index in [0.717, 1.165) is 0 Å². The van der Waals surface area contributed by atoms with Crippen LogP contribution in [-0.2, 0) is 14.2 Å². The molecule has 0 aromatic heterocycles. The minimum Gasteiger partial charge on any atom is -0.462 e. The van der Waals surface area contributed by atoms with Crippen LogP contribution in [0.5, 0.6) is 0 Å². The largest absolute Gasteiger partial charge is 0.462 e. The summed E-state index contributed by atoms with van der Waals surface area (Å²) in [7, 11) is 0. The molecule has 142 valence electrons. The monoisotopic (exact) mass is 370 g/mol. The summed E-state index contributed by atoms with van der Waals surface area (Å²) in [6.45, 7) is 5.84. The molecule has 2 aromatic carbocycles. The molecule has 0 unspecified atom stereocenters. The first-order chi connectivity index (χ1) is 13.0. The summed E-state index contributed by atoms with van der Waals surface area (Å²) in [5.41, 5.74) is 2.04. The number of carbonyl (C=O) groups is 3. The second-order valence-corrected chi connectivity index (χ2v) is 5.50. The highest BCUT2D eigenvalue weighted by molar-refractivity contribution is 6.01. The van der Waals surface area contributed by atoms with Crippen molar-refractivity contribution < 1.29 is 28.6 Å². The Hall–Kier alpha value is -3.15. The van der Waals surface area contributed by atoms with Gasteiger partial charge in [-0.15, -0.1) is 0 Å². The van der Waals surface area contributed by atoms with Crippen molar-refractivity contribution in [2.24, 2.45) is 0 Å². The Morgan fingerprint density at radius 1 is 0.704 bits per heavy atom. The van der Waals surface area contributed by atoms with E-state index in [1.54, 1.807) is 57.2 Å². The lowest BCUT2D eigenvalue weighted by Crippen LogP contribution is -2.11. The predicted octanol–water partition coefficient (Wildman–Crippen LogP) is 3.88. The van der Waals surface area contributed by atoms with Crippen LogP contribution in [0.25, 0.3) is 11.1 Å². The Balaban J connectivity index is 2.52. The number of carbonyl (C=O) groups excluding carboxylic acids is 3. The number of hydrogen-bond acceptors (Lipinski definition) is 6. The van der Waals surface area contributed by atoms with Crippen molar-refractivity contribution in [3.05, 3.63) is 59.2 Å². The summed E-state index contributed by atoms with van der Waals surface area (Å²) >= 11 is 0. The van der Waals surface area contributed by atoms with Crippen molar-refractivity contribution in [2.45, 2.75) is 20.8 Å². The van der Waals surface area contributed by atoms with Crippen molar-refractivity contribution in [3.8, 4) is 11.1 Å². The third-order valence-corrected chi connectivity index (χ3v) is 3.71. The zero-order chi connectivity index (χ0) is 19.8. The molecular weight excluding hydrogens is 348 g/mol. The molecule has 6 heteroatoms. The van der Waals surface area contributed by atoms with Gasteiger partial charge in [-0.2, -0.15) is 0 Å². The zero-order valence-electron chi connectivity index (χ0n) is 15.6. The van der Waals surface area contributed by atoms with Gasteiger partial charge < -0.3 is 14.2 Å². The lowest BCUT2D eigenvalue weighted by Gasteiger charge is -2.12. The molecule has 6 nitrogen and oxygen atoms in total. The Morgan fingerprint density at radius 2 is 1.26 bits per heavy atom. The van der Waals surface area contributed by atoms with Crippen LogP contribution in [0.15, 0.2) is 42.5 Å². The molecule has 0 fully saturated rings. The first kappa shape index (κ1) is 20.2. The molecule has 0 atom stereocenters. The van der Waals surface area contributed by atoms with E-state index in [1.165, 1.54) is 6.07 Å². The summed E-state index contributed by atoms with van der Waals surface area (Å²) in [6.07, 6.45) is 0. The maximum absolute atomic E-state index is 12.4. The Bertz CT molecular complexity index is 840. The van der Waals surface area contributed by atoms with Gasteiger partial charge in [0.1, 0.15) is 0 Å². The third-order valence-electron chi connectivity index (χ3n) is 3.71. The van der Waals surface area contributed by atoms with Crippen molar-refractivity contribution in [1.82, 2.24) is 0 Å². The van der Waals surface area contributed by atoms with Crippen molar-refractivity contribution in [2.75, 3.05) is 19.8 Å². The lowest BCUT2D eigenvalue weighted by atomic mass is 9.96. The van der Waals surface area contributed by atoms with Gasteiger partial charge in [0.2, 0.25) is 0 Å². The molecule has 0 heterocycles. The summed E-state index contributed by atoms with van der Waals surface area (Å²) in [4.78, 5) is 36.4. The molecule has 2 aromatic rings. The molecule has 0 aliphatic heterocycles. The lowest BCUT2D eigenvalue weighted by molar-refractivity contribution is 0.0513. The van der Waals surface area contributed by atoms with Crippen molar-refractivity contribution in [1.29, 1.82) is 0 Å². The fourth-order valence-electron chi connectivity index (χ4n) is 2.54. The van der Waals surface area contributed by atoms with Crippen LogP contribution in [0, 0.1) is 0 Å². The highest BCUT2D eigenvalue weighted by atomic mass is 16.5. The van der Waals surface area contributed by atoms with Crippen LogP contribution in [0.4, 0.5) is 0 Å². The summed E-state index contributed by atoms with van der Waals surface area (Å²) in [6, 6.07) is 11.4. The Morgan fingerprint density at radius 3 is 1.85 bits per heavy atom. The standard InChI is InChI=1S/C21H22O6/c1-4-25-19(22)15-9-7-8-14(12-15)17-11-10-16(20(23)26-5-2)13-18(17)21(24)27-6-3/h7-13H,4-6H2,1-3H3. The Kier molecular flexibility index (Phi) is 7.11. The second kappa shape index (κ2) is 9.52. The zero-order valence-corrected chi connectivity index (χ0v) is 15.6. The van der Waals surface area contributed by atoms with E-state index >= 15 is 0 Å². The van der Waals surface area contributed by atoms with Crippen LogP contribution >= 0.6 is 0 Å². The van der Waals surface area contributed by atoms with Gasteiger partial charge in [-0.1, -0.05) is 18.2 Å². The summed E-state index contributed by atoms with van der Waals surface area (Å²) in [5, 5.41) is 0. The fourth-order valence-corrected chi connectivity index (χ4v) is 2.54. The highest BCUT2D eigenvalue weighted by Gasteiger charge is 2.19. The predicted molar refractivity (Wildman–Crippen MR) is 99.7 cm³/mol. The average molecular weight is 370 g/mol. The smallest absolute Gasteiger partial charge is 0.338 e. The first-order valence-electron chi connectivity index (χ1n) is 8.77. The minimum atomic E-state index is -0.555. The van der Waals surface area contributed by atoms with Crippen LogP contribution in [0.1, 0.15) is 51.8 Å². The molecule has 0 amide bonds. The summed E-state index contributed by atoms with van der Waals surface area (Å²) < 4.78 is 15.1. The highest BCUT2D eigenvalue weighted by Crippen LogP contribution is 2.27. The van der Waals surface area contributed by atoms with E-state index in [-0.39, 0.29) is 30.9 Å². The maximum atomic E-state index is 12.4. The van der Waals surface area contributed by atoms with E-state index in [4.69, 9.17) is 14.2 Å². The van der Waals surface area contributed by atoms with Gasteiger partial charge in [0.25, 0.3) is 0 Å². The van der Waals surface area contributed by atoms with E-state index in [0.29, 0.717) is 16.7 Å². The van der Waals surface area contributed by atoms with E-state index < -0.39 is 17.9 Å². The second-order valence-electron chi connectivity index (χ2n) is 5.50. The maximum Gasteiger partial charge on any atom is 0.338 e. The molecule has 0 N–H and O–H groups in total. The molecule has 27 heavy (non-hydrogen) atoms. The molecule has 0 aliphatic rings. The Labute approximate surface area is 158 Å². The van der Waals surface area contributed by atoms with Gasteiger partial charge in [-0.25, -0.2) is 14.4 Å². The minimum absolute atomic E-state index is 0.199. The topological polar surface area (TPSA) is 78.9 Å². The van der Waals surface area contributed by atoms with Crippen molar-refractivity contribution >= 4 is 17.9 Å². The summed E-state index contributed by atoms with van der Waals surface area (Å²) in [5.74, 6) is -1.52. The van der Waals surface area contributed by atoms with Gasteiger partial charge >= 0.3 is 17.9 Å². The number of esters is 3. The molecular formula is C21H22O6. The number of hydrogen-bond donors (Lipinski definition) is 0. The molecule has 0 radical (unpaired) electrons. The van der Waals surface area contributed by atoms with Crippen molar-refractivity contribution in [3.63, 3.8) is 0 Å². The van der Waals surface area contributed by atoms with Gasteiger partial charge in [0.15, 0.2) is 0 Å².